The predicted molar refractivity (Wildman–Crippen MR) is 74.2 cm³/mol. The third-order valence-electron chi connectivity index (χ3n) is 2.52. The molecule has 0 saturated heterocycles. The van der Waals surface area contributed by atoms with E-state index >= 15 is 0 Å². The van der Waals surface area contributed by atoms with E-state index < -0.39 is 5.97 Å². The maximum atomic E-state index is 11.1. The monoisotopic (exact) mass is 271 g/mol. The zero-order valence-corrected chi connectivity index (χ0v) is 10.8. The molecular formula is C15H13NO4. The number of nitrogens with one attached hydrogen (secondary N) is 1. The molecule has 5 nitrogen and oxygen atoms in total. The maximum absolute atomic E-state index is 11.1. The van der Waals surface area contributed by atoms with Crippen molar-refractivity contribution in [3.05, 3.63) is 54.1 Å². The number of carboxylic acid groups (broad SMARTS) is 1. The molecule has 0 unspecified atom stereocenters. The number of anilines is 1. The van der Waals surface area contributed by atoms with Gasteiger partial charge in [-0.05, 0) is 36.4 Å². The SMILES string of the molecule is CC(=O)Nc1ccc(Oc2ccccc2C(=O)O)cc1. The molecule has 0 heterocycles. The van der Waals surface area contributed by atoms with Gasteiger partial charge in [0.25, 0.3) is 0 Å². The molecule has 0 aliphatic heterocycles. The fourth-order valence-electron chi connectivity index (χ4n) is 1.67. The molecule has 20 heavy (non-hydrogen) atoms. The molecular weight excluding hydrogens is 258 g/mol. The van der Waals surface area contributed by atoms with Gasteiger partial charge in [-0.1, -0.05) is 12.1 Å². The smallest absolute Gasteiger partial charge is 0.339 e. The zero-order chi connectivity index (χ0) is 14.5. The van der Waals surface area contributed by atoms with Crippen LogP contribution < -0.4 is 10.1 Å². The summed E-state index contributed by atoms with van der Waals surface area (Å²) in [4.78, 5) is 22.0. The summed E-state index contributed by atoms with van der Waals surface area (Å²) in [6.45, 7) is 1.42. The van der Waals surface area contributed by atoms with Crippen LogP contribution in [0.4, 0.5) is 5.69 Å². The number of carbonyl (C=O) groups excluding carboxylic acids is 1. The fourth-order valence-corrected chi connectivity index (χ4v) is 1.67. The van der Waals surface area contributed by atoms with E-state index in [0.717, 1.165) is 0 Å². The molecule has 0 atom stereocenters. The topological polar surface area (TPSA) is 75.6 Å². The first-order chi connectivity index (χ1) is 9.56. The summed E-state index contributed by atoms with van der Waals surface area (Å²) < 4.78 is 5.54. The van der Waals surface area contributed by atoms with Crippen molar-refractivity contribution in [3.8, 4) is 11.5 Å². The average Bonchev–Trinajstić information content (AvgIpc) is 2.41. The lowest BCUT2D eigenvalue weighted by Gasteiger charge is -2.09. The van der Waals surface area contributed by atoms with Crippen molar-refractivity contribution >= 4 is 17.6 Å². The van der Waals surface area contributed by atoms with Gasteiger partial charge in [0.2, 0.25) is 5.91 Å². The van der Waals surface area contributed by atoms with Gasteiger partial charge in [0.05, 0.1) is 0 Å². The van der Waals surface area contributed by atoms with E-state index in [1.807, 2.05) is 0 Å². The van der Waals surface area contributed by atoms with Gasteiger partial charge >= 0.3 is 5.97 Å². The number of benzene rings is 2. The van der Waals surface area contributed by atoms with Gasteiger partial charge in [-0.2, -0.15) is 0 Å². The van der Waals surface area contributed by atoms with Crippen molar-refractivity contribution in [2.45, 2.75) is 6.92 Å². The zero-order valence-electron chi connectivity index (χ0n) is 10.8. The molecule has 0 aliphatic carbocycles. The average molecular weight is 271 g/mol. The molecule has 0 spiro atoms. The molecule has 0 aromatic heterocycles. The van der Waals surface area contributed by atoms with Crippen LogP contribution in [-0.2, 0) is 4.79 Å². The molecule has 0 bridgehead atoms. The van der Waals surface area contributed by atoms with Crippen LogP contribution in [0.15, 0.2) is 48.5 Å². The second-order valence-corrected chi connectivity index (χ2v) is 4.11. The van der Waals surface area contributed by atoms with Crippen molar-refractivity contribution < 1.29 is 19.4 Å². The van der Waals surface area contributed by atoms with E-state index in [1.54, 1.807) is 42.5 Å². The molecule has 0 radical (unpaired) electrons. The first kappa shape index (κ1) is 13.6. The van der Waals surface area contributed by atoms with E-state index in [-0.39, 0.29) is 17.2 Å². The number of rotatable bonds is 4. The summed E-state index contributed by atoms with van der Waals surface area (Å²) in [6, 6.07) is 13.1. The van der Waals surface area contributed by atoms with Crippen LogP contribution in [0, 0.1) is 0 Å². The van der Waals surface area contributed by atoms with Crippen molar-refractivity contribution in [1.82, 2.24) is 0 Å². The Labute approximate surface area is 115 Å². The second kappa shape index (κ2) is 5.88. The molecule has 1 amide bonds. The Balaban J connectivity index is 2.18. The molecule has 0 aliphatic rings. The first-order valence-electron chi connectivity index (χ1n) is 5.94. The lowest BCUT2D eigenvalue weighted by molar-refractivity contribution is -0.114. The number of aromatic carboxylic acids is 1. The van der Waals surface area contributed by atoms with Crippen molar-refractivity contribution in [2.75, 3.05) is 5.32 Å². The van der Waals surface area contributed by atoms with Gasteiger partial charge in [0.15, 0.2) is 0 Å². The standard InChI is InChI=1S/C15H13NO4/c1-10(17)16-11-6-8-12(9-7-11)20-14-5-3-2-4-13(14)15(18)19/h2-9H,1H3,(H,16,17)(H,18,19). The van der Waals surface area contributed by atoms with Crippen LogP contribution >= 0.6 is 0 Å². The number of amides is 1. The quantitative estimate of drug-likeness (QED) is 0.895. The fraction of sp³-hybridized carbons (Fsp3) is 0.0667. The number of carbonyl (C=O) groups is 2. The lowest BCUT2D eigenvalue weighted by atomic mass is 10.2. The maximum Gasteiger partial charge on any atom is 0.339 e. The molecule has 2 aromatic carbocycles. The summed E-state index contributed by atoms with van der Waals surface area (Å²) in [5.74, 6) is -0.439. The van der Waals surface area contributed by atoms with Crippen molar-refractivity contribution in [3.63, 3.8) is 0 Å². The van der Waals surface area contributed by atoms with E-state index in [0.29, 0.717) is 11.4 Å². The number of ether oxygens (including phenoxy) is 1. The highest BCUT2D eigenvalue weighted by Gasteiger charge is 2.10. The van der Waals surface area contributed by atoms with Crippen LogP contribution in [0.2, 0.25) is 0 Å². The van der Waals surface area contributed by atoms with Gasteiger partial charge < -0.3 is 15.2 Å². The number of para-hydroxylation sites is 1. The Kier molecular flexibility index (Phi) is 4.00. The van der Waals surface area contributed by atoms with E-state index in [9.17, 15) is 9.59 Å². The minimum Gasteiger partial charge on any atom is -0.478 e. The Morgan fingerprint density at radius 2 is 1.70 bits per heavy atom. The second-order valence-electron chi connectivity index (χ2n) is 4.11. The summed E-state index contributed by atoms with van der Waals surface area (Å²) in [6.07, 6.45) is 0. The van der Waals surface area contributed by atoms with Crippen LogP contribution in [0.3, 0.4) is 0 Å². The Morgan fingerprint density at radius 1 is 1.05 bits per heavy atom. The Morgan fingerprint density at radius 3 is 2.30 bits per heavy atom. The van der Waals surface area contributed by atoms with Crippen molar-refractivity contribution in [2.24, 2.45) is 0 Å². The predicted octanol–water partition coefficient (Wildman–Crippen LogP) is 3.14. The number of hydrogen-bond donors (Lipinski definition) is 2. The van der Waals surface area contributed by atoms with Gasteiger partial charge in [-0.15, -0.1) is 0 Å². The number of carboxylic acids is 1. The normalized spacial score (nSPS) is 9.85. The highest BCUT2D eigenvalue weighted by atomic mass is 16.5. The lowest BCUT2D eigenvalue weighted by Crippen LogP contribution is -2.05. The van der Waals surface area contributed by atoms with Crippen LogP contribution in [0.25, 0.3) is 0 Å². The summed E-state index contributed by atoms with van der Waals surface area (Å²) >= 11 is 0. The summed E-state index contributed by atoms with van der Waals surface area (Å²) in [7, 11) is 0. The molecule has 0 saturated carbocycles. The van der Waals surface area contributed by atoms with Crippen LogP contribution in [-0.4, -0.2) is 17.0 Å². The van der Waals surface area contributed by atoms with Crippen molar-refractivity contribution in [1.29, 1.82) is 0 Å². The molecule has 102 valence electrons. The molecule has 2 rings (SSSR count). The Bertz CT molecular complexity index is 635. The third kappa shape index (κ3) is 3.35. The molecule has 0 fully saturated rings. The van der Waals surface area contributed by atoms with Gasteiger partial charge in [0.1, 0.15) is 17.1 Å². The summed E-state index contributed by atoms with van der Waals surface area (Å²) in [5, 5.41) is 11.7. The van der Waals surface area contributed by atoms with Crippen LogP contribution in [0.1, 0.15) is 17.3 Å². The molecule has 2 aromatic rings. The van der Waals surface area contributed by atoms with E-state index in [1.165, 1.54) is 13.0 Å². The van der Waals surface area contributed by atoms with Gasteiger partial charge in [0, 0.05) is 12.6 Å². The highest BCUT2D eigenvalue weighted by molar-refractivity contribution is 5.91. The van der Waals surface area contributed by atoms with Gasteiger partial charge in [-0.3, -0.25) is 4.79 Å². The van der Waals surface area contributed by atoms with E-state index in [2.05, 4.69) is 5.32 Å². The van der Waals surface area contributed by atoms with Gasteiger partial charge in [-0.25, -0.2) is 4.79 Å². The molecule has 5 heteroatoms. The molecule has 2 N–H and O–H groups in total. The summed E-state index contributed by atoms with van der Waals surface area (Å²) in [5.41, 5.74) is 0.745. The first-order valence-corrected chi connectivity index (χ1v) is 5.94. The minimum atomic E-state index is -1.05. The van der Waals surface area contributed by atoms with E-state index in [4.69, 9.17) is 9.84 Å². The highest BCUT2D eigenvalue weighted by Crippen LogP contribution is 2.26. The third-order valence-corrected chi connectivity index (χ3v) is 2.52. The Hall–Kier alpha value is -2.82. The largest absolute Gasteiger partial charge is 0.478 e. The minimum absolute atomic E-state index is 0.0958. The van der Waals surface area contributed by atoms with Crippen LogP contribution in [0.5, 0.6) is 11.5 Å². The number of hydrogen-bond acceptors (Lipinski definition) is 3.